The molecule has 61 valence electrons. The summed E-state index contributed by atoms with van der Waals surface area (Å²) in [7, 11) is 0. The first-order valence-corrected chi connectivity index (χ1v) is 3.37. The van der Waals surface area contributed by atoms with Gasteiger partial charge in [-0.3, -0.25) is 10.1 Å². The topological polar surface area (TPSA) is 43.1 Å². The molecule has 0 fully saturated rings. The summed E-state index contributed by atoms with van der Waals surface area (Å²) >= 11 is 0. The van der Waals surface area contributed by atoms with Crippen LogP contribution < -0.4 is 0 Å². The minimum Gasteiger partial charge on any atom is -0.258 e. The van der Waals surface area contributed by atoms with Crippen molar-refractivity contribution in [2.45, 2.75) is 0 Å². The Labute approximate surface area is 70.5 Å². The SMILES string of the molecule is [CH2]C(=C)c1ccccc1[N+](=O)[O-]. The van der Waals surface area contributed by atoms with Crippen LogP contribution in [-0.2, 0) is 0 Å². The van der Waals surface area contributed by atoms with Crippen molar-refractivity contribution in [1.29, 1.82) is 0 Å². The summed E-state index contributed by atoms with van der Waals surface area (Å²) in [5, 5.41) is 10.5. The highest BCUT2D eigenvalue weighted by molar-refractivity contribution is 5.73. The molecule has 0 bridgehead atoms. The minimum absolute atomic E-state index is 0.0532. The zero-order valence-corrected chi connectivity index (χ0v) is 6.49. The highest BCUT2D eigenvalue weighted by Crippen LogP contribution is 2.23. The Morgan fingerprint density at radius 1 is 1.42 bits per heavy atom. The molecule has 0 aliphatic carbocycles. The molecular formula is C9H8NO2. The molecule has 1 aromatic rings. The van der Waals surface area contributed by atoms with E-state index in [1.54, 1.807) is 18.2 Å². The Morgan fingerprint density at radius 2 is 2.00 bits per heavy atom. The number of benzene rings is 1. The standard InChI is InChI=1S/C9H8NO2/c1-7(2)8-5-3-4-6-9(8)10(11)12/h3-6H,1-2H2. The van der Waals surface area contributed by atoms with E-state index in [2.05, 4.69) is 13.5 Å². The van der Waals surface area contributed by atoms with Gasteiger partial charge in [0.15, 0.2) is 0 Å². The molecule has 0 amide bonds. The second kappa shape index (κ2) is 3.17. The monoisotopic (exact) mass is 162 g/mol. The van der Waals surface area contributed by atoms with E-state index in [0.717, 1.165) is 0 Å². The third-order valence-electron chi connectivity index (χ3n) is 1.48. The van der Waals surface area contributed by atoms with Crippen molar-refractivity contribution in [3.05, 3.63) is 53.4 Å². The molecule has 1 rings (SSSR count). The lowest BCUT2D eigenvalue weighted by Gasteiger charge is -1.99. The maximum absolute atomic E-state index is 10.5. The third kappa shape index (κ3) is 1.50. The van der Waals surface area contributed by atoms with Crippen LogP contribution >= 0.6 is 0 Å². The first kappa shape index (κ1) is 8.46. The number of hydrogen-bond acceptors (Lipinski definition) is 2. The molecule has 0 aliphatic rings. The number of rotatable bonds is 2. The van der Waals surface area contributed by atoms with E-state index in [1.807, 2.05) is 0 Å². The van der Waals surface area contributed by atoms with Gasteiger partial charge in [0, 0.05) is 6.07 Å². The van der Waals surface area contributed by atoms with E-state index in [9.17, 15) is 10.1 Å². The summed E-state index contributed by atoms with van der Waals surface area (Å²) in [5.74, 6) is 0. The second-order valence-corrected chi connectivity index (χ2v) is 2.38. The summed E-state index contributed by atoms with van der Waals surface area (Å²) in [5.41, 5.74) is 1.00. The average Bonchev–Trinajstić information content (AvgIpc) is 2.04. The van der Waals surface area contributed by atoms with Crippen LogP contribution in [0, 0.1) is 17.0 Å². The first-order chi connectivity index (χ1) is 5.63. The van der Waals surface area contributed by atoms with Crippen molar-refractivity contribution < 1.29 is 4.92 Å². The van der Waals surface area contributed by atoms with Crippen LogP contribution in [0.1, 0.15) is 5.56 Å². The maximum atomic E-state index is 10.5. The van der Waals surface area contributed by atoms with Crippen molar-refractivity contribution in [3.63, 3.8) is 0 Å². The zero-order chi connectivity index (χ0) is 9.14. The van der Waals surface area contributed by atoms with Crippen molar-refractivity contribution in [2.24, 2.45) is 0 Å². The van der Waals surface area contributed by atoms with Crippen molar-refractivity contribution in [2.75, 3.05) is 0 Å². The Balaban J connectivity index is 3.27. The highest BCUT2D eigenvalue weighted by Gasteiger charge is 2.11. The van der Waals surface area contributed by atoms with Crippen molar-refractivity contribution in [3.8, 4) is 0 Å². The maximum Gasteiger partial charge on any atom is 0.276 e. The summed E-state index contributed by atoms with van der Waals surface area (Å²) < 4.78 is 0. The minimum atomic E-state index is -0.439. The fourth-order valence-electron chi connectivity index (χ4n) is 0.932. The summed E-state index contributed by atoms with van der Waals surface area (Å²) in [6.07, 6.45) is 0. The van der Waals surface area contributed by atoms with E-state index in [1.165, 1.54) is 6.07 Å². The molecular weight excluding hydrogens is 154 g/mol. The Hall–Kier alpha value is -1.64. The van der Waals surface area contributed by atoms with Gasteiger partial charge in [0.25, 0.3) is 5.69 Å². The molecule has 12 heavy (non-hydrogen) atoms. The van der Waals surface area contributed by atoms with E-state index >= 15 is 0 Å². The Kier molecular flexibility index (Phi) is 2.24. The molecule has 0 aromatic heterocycles. The van der Waals surface area contributed by atoms with Crippen LogP contribution in [0.2, 0.25) is 0 Å². The number of nitro benzene ring substituents is 1. The summed E-state index contributed by atoms with van der Waals surface area (Å²) in [6.45, 7) is 7.11. The van der Waals surface area contributed by atoms with Crippen molar-refractivity contribution >= 4 is 11.3 Å². The van der Waals surface area contributed by atoms with Gasteiger partial charge in [0.2, 0.25) is 0 Å². The number of nitro groups is 1. The van der Waals surface area contributed by atoms with Crippen LogP contribution in [0.4, 0.5) is 5.69 Å². The fraction of sp³-hybridized carbons (Fsp3) is 0. The van der Waals surface area contributed by atoms with E-state index in [4.69, 9.17) is 0 Å². The van der Waals surface area contributed by atoms with Crippen molar-refractivity contribution in [1.82, 2.24) is 0 Å². The smallest absolute Gasteiger partial charge is 0.258 e. The van der Waals surface area contributed by atoms with Gasteiger partial charge < -0.3 is 0 Å². The molecule has 3 heteroatoms. The zero-order valence-electron chi connectivity index (χ0n) is 6.49. The quantitative estimate of drug-likeness (QED) is 0.495. The predicted molar refractivity (Wildman–Crippen MR) is 47.5 cm³/mol. The molecule has 0 heterocycles. The van der Waals surface area contributed by atoms with Gasteiger partial charge in [-0.1, -0.05) is 18.7 Å². The lowest BCUT2D eigenvalue weighted by molar-refractivity contribution is -0.385. The van der Waals surface area contributed by atoms with E-state index in [0.29, 0.717) is 11.1 Å². The first-order valence-electron chi connectivity index (χ1n) is 3.37. The van der Waals surface area contributed by atoms with Crippen LogP contribution in [0.15, 0.2) is 30.8 Å². The molecule has 0 saturated carbocycles. The molecule has 1 aromatic carbocycles. The molecule has 3 nitrogen and oxygen atoms in total. The highest BCUT2D eigenvalue weighted by atomic mass is 16.6. The number of para-hydroxylation sites is 1. The van der Waals surface area contributed by atoms with E-state index < -0.39 is 4.92 Å². The Morgan fingerprint density at radius 3 is 2.42 bits per heavy atom. The normalized spacial score (nSPS) is 9.42. The molecule has 1 radical (unpaired) electrons. The van der Waals surface area contributed by atoms with Gasteiger partial charge in [0.1, 0.15) is 0 Å². The number of hydrogen-bond donors (Lipinski definition) is 0. The van der Waals surface area contributed by atoms with Gasteiger partial charge in [-0.15, -0.1) is 0 Å². The molecule has 0 spiro atoms. The summed E-state index contributed by atoms with van der Waals surface area (Å²) in [6, 6.07) is 6.41. The largest absolute Gasteiger partial charge is 0.276 e. The van der Waals surface area contributed by atoms with Gasteiger partial charge >= 0.3 is 0 Å². The van der Waals surface area contributed by atoms with Gasteiger partial charge in [0.05, 0.1) is 10.5 Å². The van der Waals surface area contributed by atoms with Gasteiger partial charge in [-0.25, -0.2) is 0 Å². The summed E-state index contributed by atoms with van der Waals surface area (Å²) in [4.78, 5) is 10.0. The van der Waals surface area contributed by atoms with Gasteiger partial charge in [-0.05, 0) is 18.6 Å². The third-order valence-corrected chi connectivity index (χ3v) is 1.48. The number of nitrogens with zero attached hydrogens (tertiary/aromatic N) is 1. The van der Waals surface area contributed by atoms with Crippen LogP contribution in [-0.4, -0.2) is 4.92 Å². The lowest BCUT2D eigenvalue weighted by atomic mass is 10.1. The van der Waals surface area contributed by atoms with Gasteiger partial charge in [-0.2, -0.15) is 0 Å². The molecule has 0 aliphatic heterocycles. The Bertz CT molecular complexity index is 298. The van der Waals surface area contributed by atoms with Crippen LogP contribution in [0.3, 0.4) is 0 Å². The predicted octanol–water partition coefficient (Wildman–Crippen LogP) is 2.44. The fourth-order valence-corrected chi connectivity index (χ4v) is 0.932. The lowest BCUT2D eigenvalue weighted by Crippen LogP contribution is -1.92. The second-order valence-electron chi connectivity index (χ2n) is 2.38. The molecule has 0 N–H and O–H groups in total. The molecule has 0 atom stereocenters. The van der Waals surface area contributed by atoms with E-state index in [-0.39, 0.29) is 5.69 Å². The number of allylic oxidation sites excluding steroid dienone is 1. The van der Waals surface area contributed by atoms with Crippen LogP contribution in [0.25, 0.3) is 5.57 Å². The molecule has 0 saturated heterocycles. The van der Waals surface area contributed by atoms with Crippen LogP contribution in [0.5, 0.6) is 0 Å². The average molecular weight is 162 g/mol. The molecule has 0 unspecified atom stereocenters.